The van der Waals surface area contributed by atoms with Gasteiger partial charge in [0.15, 0.2) is 6.10 Å². The van der Waals surface area contributed by atoms with E-state index in [1.165, 1.54) is 19.3 Å². The molecule has 0 amide bonds. The Bertz CT molecular complexity index is 1480. The van der Waals surface area contributed by atoms with Crippen molar-refractivity contribution in [2.24, 2.45) is 0 Å². The van der Waals surface area contributed by atoms with Gasteiger partial charge in [-0.15, -0.1) is 0 Å². The van der Waals surface area contributed by atoms with E-state index < -0.39 is 6.10 Å². The molecule has 0 aliphatic carbocycles. The molecule has 0 saturated carbocycles. The maximum Gasteiger partial charge on any atom is 0.306 e. The molecule has 0 bridgehead atoms. The van der Waals surface area contributed by atoms with Crippen LogP contribution in [0.5, 0.6) is 0 Å². The van der Waals surface area contributed by atoms with Gasteiger partial charge in [0.05, 0.1) is 6.61 Å². The molecule has 1 unspecified atom stereocenters. The number of carbonyl (C=O) groups excluding carboxylic acids is 2. The highest BCUT2D eigenvalue weighted by Gasteiger charge is 2.17. The van der Waals surface area contributed by atoms with E-state index in [2.05, 4.69) is 167 Å². The summed E-state index contributed by atoms with van der Waals surface area (Å²) in [5.74, 6) is -0.469. The van der Waals surface area contributed by atoms with Crippen molar-refractivity contribution in [3.05, 3.63) is 146 Å². The minimum Gasteiger partial charge on any atom is -0.462 e. The molecule has 0 heterocycles. The smallest absolute Gasteiger partial charge is 0.306 e. The average Bonchev–Trinajstić information content (AvgIpc) is 3.34. The maximum atomic E-state index is 12.8. The number of hydrogen-bond acceptors (Lipinski definition) is 5. The highest BCUT2D eigenvalue weighted by atomic mass is 16.6. The Kier molecular flexibility index (Phi) is 53.6. The van der Waals surface area contributed by atoms with Crippen LogP contribution in [0.4, 0.5) is 0 Å². The molecule has 0 spiro atoms. The second-order valence-corrected chi connectivity index (χ2v) is 17.3. The van der Waals surface area contributed by atoms with Gasteiger partial charge in [-0.3, -0.25) is 9.59 Å². The molecule has 0 aromatic heterocycles. The summed E-state index contributed by atoms with van der Waals surface area (Å²) in [5.41, 5.74) is 0. The zero-order valence-electron chi connectivity index (χ0n) is 43.8. The second-order valence-electron chi connectivity index (χ2n) is 17.3. The summed E-state index contributed by atoms with van der Waals surface area (Å²) in [5, 5.41) is 0. The van der Waals surface area contributed by atoms with Gasteiger partial charge in [-0.25, -0.2) is 0 Å². The SMILES string of the molecule is CC/C=C\C/C=C\C/C=C\C/C=C\CCCCCCCCC(=O)OCC(COCCCCC/C=C\C/C=C\C/C=C\C/C=C\CC)OC(=O)CCCCCC/C=C\C/C=C\C/C=C\C/C=C\CC. The van der Waals surface area contributed by atoms with E-state index in [0.717, 1.165) is 161 Å². The predicted octanol–water partition coefficient (Wildman–Crippen LogP) is 18.9. The number of carbonyl (C=O) groups is 2. The lowest BCUT2D eigenvalue weighted by molar-refractivity contribution is -0.163. The number of hydrogen-bond donors (Lipinski definition) is 0. The summed E-state index contributed by atoms with van der Waals surface area (Å²) < 4.78 is 17.4. The zero-order valence-corrected chi connectivity index (χ0v) is 43.8. The topological polar surface area (TPSA) is 61.8 Å². The quantitative estimate of drug-likeness (QED) is 0.0346. The van der Waals surface area contributed by atoms with E-state index >= 15 is 0 Å². The molecule has 0 aromatic carbocycles. The Hall–Kier alpha value is -4.22. The summed E-state index contributed by atoms with van der Waals surface area (Å²) in [6, 6.07) is 0. The molecule has 0 N–H and O–H groups in total. The molecule has 0 rings (SSSR count). The first-order chi connectivity index (χ1) is 33.6. The van der Waals surface area contributed by atoms with E-state index in [4.69, 9.17) is 14.2 Å². The zero-order chi connectivity index (χ0) is 49.2. The third-order valence-corrected chi connectivity index (χ3v) is 10.9. The molecule has 5 heteroatoms. The molecule has 382 valence electrons. The summed E-state index contributed by atoms with van der Waals surface area (Å²) in [7, 11) is 0. The molecule has 0 aromatic rings. The number of esters is 2. The summed E-state index contributed by atoms with van der Waals surface area (Å²) in [6.45, 7) is 7.36. The van der Waals surface area contributed by atoms with Crippen LogP contribution in [0.1, 0.15) is 213 Å². The Balaban J connectivity index is 4.44. The highest BCUT2D eigenvalue weighted by Crippen LogP contribution is 2.12. The van der Waals surface area contributed by atoms with E-state index in [1.807, 2.05) is 0 Å². The number of rotatable bonds is 48. The van der Waals surface area contributed by atoms with Crippen molar-refractivity contribution in [3.63, 3.8) is 0 Å². The molecular formula is C63H100O5. The molecule has 68 heavy (non-hydrogen) atoms. The first-order valence-electron chi connectivity index (χ1n) is 27.4. The van der Waals surface area contributed by atoms with Gasteiger partial charge < -0.3 is 14.2 Å². The van der Waals surface area contributed by atoms with Crippen LogP contribution in [-0.2, 0) is 23.8 Å². The van der Waals surface area contributed by atoms with Crippen molar-refractivity contribution in [1.29, 1.82) is 0 Å². The molecule has 1 atom stereocenters. The standard InChI is InChI=1S/C63H100O5/c1-4-7-10-13-16-19-22-25-28-31-32-34-35-38-41-44-47-50-53-56-62(64)67-60-61(59-66-58-55-52-49-46-43-40-37-30-27-24-21-18-15-12-9-6-3)68-63(65)57-54-51-48-45-42-39-36-33-29-26-23-20-17-14-11-8-5-2/h7-12,16-21,25-30,32,34,36,39-40,43,61H,4-6,13-15,22-24,31,33,35,37-38,41-42,44-60H2,1-3H3/b10-7-,11-8-,12-9-,19-16-,20-17-,21-18-,28-25-,29-26-,30-27-,34-32-,39-36-,43-40-. The van der Waals surface area contributed by atoms with Crippen LogP contribution in [0.15, 0.2) is 146 Å². The van der Waals surface area contributed by atoms with E-state index in [9.17, 15) is 9.59 Å². The van der Waals surface area contributed by atoms with Crippen LogP contribution >= 0.6 is 0 Å². The maximum absolute atomic E-state index is 12.8. The minimum absolute atomic E-state index is 0.0442. The highest BCUT2D eigenvalue weighted by molar-refractivity contribution is 5.70. The Morgan fingerprint density at radius 3 is 0.985 bits per heavy atom. The van der Waals surface area contributed by atoms with Gasteiger partial charge >= 0.3 is 11.9 Å². The number of ether oxygens (including phenoxy) is 3. The van der Waals surface area contributed by atoms with Gasteiger partial charge in [-0.05, 0) is 135 Å². The molecule has 0 aliphatic heterocycles. The molecule has 5 nitrogen and oxygen atoms in total. The van der Waals surface area contributed by atoms with Gasteiger partial charge in [-0.1, -0.05) is 212 Å². The molecule has 0 saturated heterocycles. The van der Waals surface area contributed by atoms with Gasteiger partial charge in [0.25, 0.3) is 0 Å². The third kappa shape index (κ3) is 54.4. The molecular weight excluding hydrogens is 837 g/mol. The Morgan fingerprint density at radius 1 is 0.324 bits per heavy atom. The van der Waals surface area contributed by atoms with Gasteiger partial charge in [0.1, 0.15) is 6.61 Å². The summed E-state index contributed by atoms with van der Waals surface area (Å²) in [4.78, 5) is 25.5. The van der Waals surface area contributed by atoms with Crippen molar-refractivity contribution in [3.8, 4) is 0 Å². The monoisotopic (exact) mass is 937 g/mol. The fourth-order valence-corrected chi connectivity index (χ4v) is 6.89. The van der Waals surface area contributed by atoms with Crippen molar-refractivity contribution in [2.45, 2.75) is 219 Å². The normalized spacial score (nSPS) is 13.4. The van der Waals surface area contributed by atoms with Crippen LogP contribution in [0.3, 0.4) is 0 Å². The van der Waals surface area contributed by atoms with Crippen molar-refractivity contribution in [1.82, 2.24) is 0 Å². The van der Waals surface area contributed by atoms with E-state index in [1.54, 1.807) is 0 Å². The lowest BCUT2D eigenvalue weighted by Gasteiger charge is -2.18. The van der Waals surface area contributed by atoms with E-state index in [-0.39, 0.29) is 25.2 Å². The lowest BCUT2D eigenvalue weighted by atomic mass is 10.1. The minimum atomic E-state index is -0.584. The van der Waals surface area contributed by atoms with Gasteiger partial charge in [0.2, 0.25) is 0 Å². The Morgan fingerprint density at radius 2 is 0.618 bits per heavy atom. The summed E-state index contributed by atoms with van der Waals surface area (Å²) >= 11 is 0. The fourth-order valence-electron chi connectivity index (χ4n) is 6.89. The second kappa shape index (κ2) is 57.1. The molecule has 0 fully saturated rings. The predicted molar refractivity (Wildman–Crippen MR) is 297 cm³/mol. The fraction of sp³-hybridized carbons (Fsp3) is 0.587. The first-order valence-corrected chi connectivity index (χ1v) is 27.4. The largest absolute Gasteiger partial charge is 0.462 e. The summed E-state index contributed by atoms with van der Waals surface area (Å²) in [6.07, 6.45) is 82.9. The first kappa shape index (κ1) is 63.8. The number of unbranched alkanes of at least 4 members (excludes halogenated alkanes) is 13. The van der Waals surface area contributed by atoms with Crippen LogP contribution in [0.2, 0.25) is 0 Å². The van der Waals surface area contributed by atoms with Crippen molar-refractivity contribution < 1.29 is 23.8 Å². The van der Waals surface area contributed by atoms with Crippen molar-refractivity contribution >= 4 is 11.9 Å². The number of allylic oxidation sites excluding steroid dienone is 24. The lowest BCUT2D eigenvalue weighted by Crippen LogP contribution is -2.30. The van der Waals surface area contributed by atoms with Crippen LogP contribution < -0.4 is 0 Å². The Labute approximate surface area is 419 Å². The molecule has 0 radical (unpaired) electrons. The van der Waals surface area contributed by atoms with Gasteiger partial charge in [0, 0.05) is 19.4 Å². The van der Waals surface area contributed by atoms with Crippen LogP contribution in [-0.4, -0.2) is 37.9 Å². The van der Waals surface area contributed by atoms with Crippen LogP contribution in [0.25, 0.3) is 0 Å². The van der Waals surface area contributed by atoms with Crippen LogP contribution in [0, 0.1) is 0 Å². The van der Waals surface area contributed by atoms with E-state index in [0.29, 0.717) is 19.4 Å². The van der Waals surface area contributed by atoms with Crippen molar-refractivity contribution in [2.75, 3.05) is 19.8 Å². The van der Waals surface area contributed by atoms with Gasteiger partial charge in [-0.2, -0.15) is 0 Å². The third-order valence-electron chi connectivity index (χ3n) is 10.9. The molecule has 0 aliphatic rings. The average molecular weight is 937 g/mol.